The molecule has 2 nitrogen and oxygen atoms in total. The second-order valence-corrected chi connectivity index (χ2v) is 9.15. The van der Waals surface area contributed by atoms with Gasteiger partial charge in [0.15, 0.2) is 0 Å². The number of anilines is 1. The number of halogens is 1. The standard InChI is InChI=1S/C17H27BrN2S/c1-4-14(19)11-13-5-6-15(12-16(13)18)20-8-7-17(2,3)21-10-9-20/h5-6,12,14H,4,7-11,19H2,1-3H3. The Morgan fingerprint density at radius 2 is 2.14 bits per heavy atom. The Balaban J connectivity index is 2.09. The van der Waals surface area contributed by atoms with Gasteiger partial charge >= 0.3 is 0 Å². The predicted octanol–water partition coefficient (Wildman–Crippen LogP) is 4.45. The summed E-state index contributed by atoms with van der Waals surface area (Å²) in [5.41, 5.74) is 8.72. The van der Waals surface area contributed by atoms with Crippen molar-refractivity contribution in [2.24, 2.45) is 5.73 Å². The summed E-state index contributed by atoms with van der Waals surface area (Å²) in [6, 6.07) is 7.01. The highest BCUT2D eigenvalue weighted by molar-refractivity contribution is 9.10. The lowest BCUT2D eigenvalue weighted by Crippen LogP contribution is -2.27. The minimum Gasteiger partial charge on any atom is -0.371 e. The van der Waals surface area contributed by atoms with E-state index in [-0.39, 0.29) is 6.04 Å². The molecule has 1 saturated heterocycles. The third-order valence-corrected chi connectivity index (χ3v) is 6.36. The van der Waals surface area contributed by atoms with Crippen LogP contribution in [0.15, 0.2) is 22.7 Å². The van der Waals surface area contributed by atoms with Crippen LogP contribution in [0.5, 0.6) is 0 Å². The first kappa shape index (κ1) is 17.2. The SMILES string of the molecule is CCC(N)Cc1ccc(N2CCSC(C)(C)CC2)cc1Br. The van der Waals surface area contributed by atoms with Gasteiger partial charge < -0.3 is 10.6 Å². The highest BCUT2D eigenvalue weighted by Gasteiger charge is 2.24. The topological polar surface area (TPSA) is 29.3 Å². The third-order valence-electron chi connectivity index (χ3n) is 4.25. The Morgan fingerprint density at radius 1 is 1.38 bits per heavy atom. The number of rotatable bonds is 4. The fraction of sp³-hybridized carbons (Fsp3) is 0.647. The molecule has 1 aromatic carbocycles. The number of thioether (sulfide) groups is 1. The minimum atomic E-state index is 0.252. The van der Waals surface area contributed by atoms with Gasteiger partial charge in [-0.15, -0.1) is 0 Å². The maximum atomic E-state index is 6.07. The Kier molecular flexibility index (Phi) is 6.04. The minimum absolute atomic E-state index is 0.252. The number of hydrogen-bond acceptors (Lipinski definition) is 3. The molecule has 1 fully saturated rings. The van der Waals surface area contributed by atoms with E-state index < -0.39 is 0 Å². The molecule has 1 heterocycles. The third kappa shape index (κ3) is 4.90. The molecule has 0 bridgehead atoms. The molecule has 0 amide bonds. The molecule has 2 N–H and O–H groups in total. The first-order valence-corrected chi connectivity index (χ1v) is 9.62. The van der Waals surface area contributed by atoms with Crippen LogP contribution in [-0.2, 0) is 6.42 Å². The quantitative estimate of drug-likeness (QED) is 0.848. The molecular weight excluding hydrogens is 344 g/mol. The Morgan fingerprint density at radius 3 is 2.81 bits per heavy atom. The van der Waals surface area contributed by atoms with Gasteiger partial charge in [0.1, 0.15) is 0 Å². The van der Waals surface area contributed by atoms with Crippen LogP contribution in [0, 0.1) is 0 Å². The maximum absolute atomic E-state index is 6.07. The fourth-order valence-corrected chi connectivity index (χ4v) is 4.23. The number of nitrogens with zero attached hydrogens (tertiary/aromatic N) is 1. The summed E-state index contributed by atoms with van der Waals surface area (Å²) >= 11 is 5.81. The lowest BCUT2D eigenvalue weighted by atomic mass is 10.0. The van der Waals surface area contributed by atoms with Gasteiger partial charge in [0.05, 0.1) is 0 Å². The van der Waals surface area contributed by atoms with Gasteiger partial charge in [-0.05, 0) is 37.0 Å². The monoisotopic (exact) mass is 370 g/mol. The zero-order valence-corrected chi connectivity index (χ0v) is 15.8. The summed E-state index contributed by atoms with van der Waals surface area (Å²) in [6.45, 7) is 9.12. The summed E-state index contributed by atoms with van der Waals surface area (Å²) in [4.78, 5) is 2.51. The summed E-state index contributed by atoms with van der Waals surface area (Å²) in [7, 11) is 0. The van der Waals surface area contributed by atoms with Crippen molar-refractivity contribution < 1.29 is 0 Å². The van der Waals surface area contributed by atoms with E-state index in [1.54, 1.807) is 0 Å². The molecule has 0 aliphatic carbocycles. The smallest absolute Gasteiger partial charge is 0.0377 e. The van der Waals surface area contributed by atoms with E-state index in [0.29, 0.717) is 4.75 Å². The molecule has 1 unspecified atom stereocenters. The molecule has 21 heavy (non-hydrogen) atoms. The van der Waals surface area contributed by atoms with Crippen LogP contribution in [0.25, 0.3) is 0 Å². The summed E-state index contributed by atoms with van der Waals surface area (Å²) in [5, 5.41) is 0. The van der Waals surface area contributed by atoms with E-state index in [1.807, 2.05) is 0 Å². The average molecular weight is 371 g/mol. The van der Waals surface area contributed by atoms with Gasteiger partial charge in [-0.1, -0.05) is 42.8 Å². The van der Waals surface area contributed by atoms with Crippen molar-refractivity contribution in [1.29, 1.82) is 0 Å². The molecule has 0 aromatic heterocycles. The van der Waals surface area contributed by atoms with Crippen molar-refractivity contribution in [2.75, 3.05) is 23.7 Å². The van der Waals surface area contributed by atoms with E-state index in [2.05, 4.69) is 71.6 Å². The molecule has 4 heteroatoms. The van der Waals surface area contributed by atoms with Gasteiger partial charge in [-0.3, -0.25) is 0 Å². The van der Waals surface area contributed by atoms with Crippen LogP contribution in [0.1, 0.15) is 39.2 Å². The zero-order chi connectivity index (χ0) is 15.5. The largest absolute Gasteiger partial charge is 0.371 e. The van der Waals surface area contributed by atoms with Gasteiger partial charge in [-0.2, -0.15) is 11.8 Å². The van der Waals surface area contributed by atoms with E-state index in [0.717, 1.165) is 25.9 Å². The first-order chi connectivity index (χ1) is 9.91. The van der Waals surface area contributed by atoms with Crippen molar-refractivity contribution in [3.8, 4) is 0 Å². The van der Waals surface area contributed by atoms with Crippen LogP contribution in [-0.4, -0.2) is 29.6 Å². The summed E-state index contributed by atoms with van der Waals surface area (Å²) in [6.07, 6.45) is 3.20. The van der Waals surface area contributed by atoms with Crippen LogP contribution < -0.4 is 10.6 Å². The molecule has 2 rings (SSSR count). The Labute approximate surface area is 142 Å². The molecule has 0 saturated carbocycles. The molecule has 1 aliphatic rings. The molecule has 1 aromatic rings. The van der Waals surface area contributed by atoms with E-state index in [1.165, 1.54) is 27.9 Å². The number of nitrogens with two attached hydrogens (primary N) is 1. The number of hydrogen-bond donors (Lipinski definition) is 1. The average Bonchev–Trinajstić information content (AvgIpc) is 2.62. The van der Waals surface area contributed by atoms with Gasteiger partial charge in [0, 0.05) is 39.8 Å². The predicted molar refractivity (Wildman–Crippen MR) is 99.5 cm³/mol. The Hall–Kier alpha value is -0.190. The zero-order valence-electron chi connectivity index (χ0n) is 13.4. The summed E-state index contributed by atoms with van der Waals surface area (Å²) in [5.74, 6) is 1.20. The van der Waals surface area contributed by atoms with Crippen molar-refractivity contribution in [3.05, 3.63) is 28.2 Å². The lowest BCUT2D eigenvalue weighted by Gasteiger charge is -2.25. The van der Waals surface area contributed by atoms with Crippen molar-refractivity contribution >= 4 is 33.4 Å². The highest BCUT2D eigenvalue weighted by atomic mass is 79.9. The summed E-state index contributed by atoms with van der Waals surface area (Å²) < 4.78 is 1.60. The van der Waals surface area contributed by atoms with Crippen LogP contribution in [0.3, 0.4) is 0 Å². The van der Waals surface area contributed by atoms with E-state index in [4.69, 9.17) is 5.73 Å². The van der Waals surface area contributed by atoms with Crippen LogP contribution in [0.2, 0.25) is 0 Å². The maximum Gasteiger partial charge on any atom is 0.0377 e. The van der Waals surface area contributed by atoms with Crippen molar-refractivity contribution in [2.45, 2.75) is 50.8 Å². The van der Waals surface area contributed by atoms with E-state index >= 15 is 0 Å². The second-order valence-electron chi connectivity index (χ2n) is 6.49. The fourth-order valence-electron chi connectivity index (χ4n) is 2.60. The van der Waals surface area contributed by atoms with Gasteiger partial charge in [0.25, 0.3) is 0 Å². The second kappa shape index (κ2) is 7.38. The van der Waals surface area contributed by atoms with E-state index in [9.17, 15) is 0 Å². The van der Waals surface area contributed by atoms with Gasteiger partial charge in [0.2, 0.25) is 0 Å². The van der Waals surface area contributed by atoms with Crippen molar-refractivity contribution in [1.82, 2.24) is 0 Å². The molecule has 0 spiro atoms. The lowest BCUT2D eigenvalue weighted by molar-refractivity contribution is 0.636. The normalized spacial score (nSPS) is 20.1. The molecule has 1 aliphatic heterocycles. The first-order valence-electron chi connectivity index (χ1n) is 7.84. The molecule has 0 radical (unpaired) electrons. The van der Waals surface area contributed by atoms with Crippen LogP contribution >= 0.6 is 27.7 Å². The molecule has 118 valence electrons. The Bertz CT molecular complexity index is 476. The van der Waals surface area contributed by atoms with Crippen molar-refractivity contribution in [3.63, 3.8) is 0 Å². The molecule has 1 atom stereocenters. The van der Waals surface area contributed by atoms with Crippen LogP contribution in [0.4, 0.5) is 5.69 Å². The van der Waals surface area contributed by atoms with Gasteiger partial charge in [-0.25, -0.2) is 0 Å². The highest BCUT2D eigenvalue weighted by Crippen LogP contribution is 2.33. The number of benzene rings is 1. The molecular formula is C17H27BrN2S.